The number of carbonyl (C=O) groups is 1. The van der Waals surface area contributed by atoms with Crippen LogP contribution in [-0.4, -0.2) is 38.7 Å². The molecule has 176 valence electrons. The van der Waals surface area contributed by atoms with E-state index in [1.54, 1.807) is 16.6 Å². The van der Waals surface area contributed by atoms with Crippen molar-refractivity contribution in [3.05, 3.63) is 71.0 Å². The van der Waals surface area contributed by atoms with E-state index in [0.29, 0.717) is 52.7 Å². The van der Waals surface area contributed by atoms with Gasteiger partial charge in [-0.1, -0.05) is 30.0 Å². The van der Waals surface area contributed by atoms with Gasteiger partial charge in [-0.3, -0.25) is 4.79 Å². The molecule has 0 aliphatic heterocycles. The highest BCUT2D eigenvalue weighted by Crippen LogP contribution is 2.31. The lowest BCUT2D eigenvalue weighted by molar-refractivity contribution is 0.102. The molecule has 2 heterocycles. The summed E-state index contributed by atoms with van der Waals surface area (Å²) in [5.74, 6) is 2.15. The predicted molar refractivity (Wildman–Crippen MR) is 133 cm³/mol. The first kappa shape index (κ1) is 23.6. The Labute approximate surface area is 202 Å². The van der Waals surface area contributed by atoms with Gasteiger partial charge in [0, 0.05) is 28.8 Å². The molecule has 0 atom stereocenters. The third kappa shape index (κ3) is 5.31. The summed E-state index contributed by atoms with van der Waals surface area (Å²) in [7, 11) is 0. The zero-order valence-electron chi connectivity index (χ0n) is 19.7. The average Bonchev–Trinajstić information content (AvgIpc) is 3.23. The molecule has 4 rings (SSSR count). The molecule has 9 heteroatoms. The molecule has 0 saturated heterocycles. The number of fused-ring (bicyclic) bond motifs is 1. The summed E-state index contributed by atoms with van der Waals surface area (Å²) in [6, 6.07) is 14.9. The summed E-state index contributed by atoms with van der Waals surface area (Å²) in [4.78, 5) is 22.2. The first-order valence-corrected chi connectivity index (χ1v) is 12.1. The van der Waals surface area contributed by atoms with Gasteiger partial charge in [-0.25, -0.2) is 9.50 Å². The lowest BCUT2D eigenvalue weighted by atomic mass is 10.1. The first-order chi connectivity index (χ1) is 16.5. The predicted octanol–water partition coefficient (Wildman–Crippen LogP) is 5.08. The molecule has 1 N–H and O–H groups in total. The van der Waals surface area contributed by atoms with E-state index < -0.39 is 0 Å². The Balaban J connectivity index is 1.54. The number of hydrogen-bond donors (Lipinski definition) is 1. The Kier molecular flexibility index (Phi) is 7.32. The molecule has 4 aromatic rings. The molecule has 0 spiro atoms. The van der Waals surface area contributed by atoms with Crippen LogP contribution in [0, 0.1) is 13.8 Å². The summed E-state index contributed by atoms with van der Waals surface area (Å²) in [6.07, 6.45) is 0. The summed E-state index contributed by atoms with van der Waals surface area (Å²) < 4.78 is 13.0. The van der Waals surface area contributed by atoms with Crippen molar-refractivity contribution in [2.24, 2.45) is 0 Å². The summed E-state index contributed by atoms with van der Waals surface area (Å²) >= 11 is 1.46. The fraction of sp³-hybridized carbons (Fsp3) is 0.280. The van der Waals surface area contributed by atoms with E-state index in [1.165, 1.54) is 11.8 Å². The van der Waals surface area contributed by atoms with Gasteiger partial charge >= 0.3 is 0 Å². The maximum atomic E-state index is 13.2. The largest absolute Gasteiger partial charge is 0.494 e. The number of aryl methyl sites for hydroxylation is 2. The molecule has 0 fully saturated rings. The van der Waals surface area contributed by atoms with Gasteiger partial charge in [0.25, 0.3) is 11.7 Å². The molecular weight excluding hydrogens is 450 g/mol. The summed E-state index contributed by atoms with van der Waals surface area (Å²) in [5, 5.41) is 8.14. The Morgan fingerprint density at radius 3 is 2.62 bits per heavy atom. The number of carbonyl (C=O) groups excluding carboxylic acids is 1. The van der Waals surface area contributed by atoms with Gasteiger partial charge in [-0.2, -0.15) is 4.98 Å². The van der Waals surface area contributed by atoms with E-state index in [1.807, 2.05) is 64.1 Å². The van der Waals surface area contributed by atoms with Crippen molar-refractivity contribution in [1.29, 1.82) is 0 Å². The minimum absolute atomic E-state index is 0.220. The SMILES string of the molecule is CCOc1ccc(OCC)c(NC(=O)c2ccccc2CSc2nc3nc(C)cc(C)n3n2)c1. The zero-order valence-corrected chi connectivity index (χ0v) is 20.5. The van der Waals surface area contributed by atoms with Crippen molar-refractivity contribution in [3.8, 4) is 11.5 Å². The maximum absolute atomic E-state index is 13.2. The minimum atomic E-state index is -0.220. The Bertz CT molecular complexity index is 1320. The topological polar surface area (TPSA) is 90.6 Å². The molecule has 2 aromatic carbocycles. The minimum Gasteiger partial charge on any atom is -0.494 e. The molecule has 0 saturated carbocycles. The van der Waals surface area contributed by atoms with Crippen LogP contribution >= 0.6 is 11.8 Å². The molecule has 0 radical (unpaired) electrons. The smallest absolute Gasteiger partial charge is 0.256 e. The van der Waals surface area contributed by atoms with Gasteiger partial charge in [-0.05, 0) is 57.5 Å². The second kappa shape index (κ2) is 10.6. The second-order valence-electron chi connectivity index (χ2n) is 7.57. The average molecular weight is 478 g/mol. The fourth-order valence-electron chi connectivity index (χ4n) is 3.55. The number of hydrogen-bond acceptors (Lipinski definition) is 7. The number of benzene rings is 2. The highest BCUT2D eigenvalue weighted by molar-refractivity contribution is 7.98. The van der Waals surface area contributed by atoms with Crippen LogP contribution < -0.4 is 14.8 Å². The number of nitrogens with one attached hydrogen (secondary N) is 1. The van der Waals surface area contributed by atoms with E-state index in [9.17, 15) is 4.79 Å². The number of thioether (sulfide) groups is 1. The van der Waals surface area contributed by atoms with Crippen LogP contribution in [0.1, 0.15) is 41.2 Å². The Hall–Kier alpha value is -3.59. The number of anilines is 1. The van der Waals surface area contributed by atoms with Gasteiger partial charge in [0.15, 0.2) is 0 Å². The highest BCUT2D eigenvalue weighted by atomic mass is 32.2. The molecule has 2 aromatic heterocycles. The lowest BCUT2D eigenvalue weighted by Gasteiger charge is -2.15. The third-order valence-corrected chi connectivity index (χ3v) is 5.91. The van der Waals surface area contributed by atoms with Crippen LogP contribution in [0.4, 0.5) is 5.69 Å². The quantitative estimate of drug-likeness (QED) is 0.336. The van der Waals surface area contributed by atoms with Crippen molar-refractivity contribution >= 4 is 29.1 Å². The van der Waals surface area contributed by atoms with Crippen LogP contribution in [0.15, 0.2) is 53.7 Å². The van der Waals surface area contributed by atoms with Crippen LogP contribution in [-0.2, 0) is 5.75 Å². The van der Waals surface area contributed by atoms with E-state index in [4.69, 9.17) is 9.47 Å². The summed E-state index contributed by atoms with van der Waals surface area (Å²) in [6.45, 7) is 8.75. The van der Waals surface area contributed by atoms with E-state index in [2.05, 4.69) is 20.4 Å². The molecule has 8 nitrogen and oxygen atoms in total. The second-order valence-corrected chi connectivity index (χ2v) is 8.51. The van der Waals surface area contributed by atoms with Gasteiger partial charge < -0.3 is 14.8 Å². The van der Waals surface area contributed by atoms with Crippen LogP contribution in [0.3, 0.4) is 0 Å². The number of amides is 1. The van der Waals surface area contributed by atoms with Crippen molar-refractivity contribution < 1.29 is 14.3 Å². The number of aromatic nitrogens is 4. The Morgan fingerprint density at radius 2 is 1.82 bits per heavy atom. The third-order valence-electron chi connectivity index (χ3n) is 5.03. The molecule has 0 unspecified atom stereocenters. The lowest BCUT2D eigenvalue weighted by Crippen LogP contribution is -2.15. The van der Waals surface area contributed by atoms with Crippen LogP contribution in [0.25, 0.3) is 5.78 Å². The highest BCUT2D eigenvalue weighted by Gasteiger charge is 2.16. The zero-order chi connectivity index (χ0) is 24.1. The standard InChI is InChI=1S/C25H27N5O3S/c1-5-32-19-11-12-22(33-6-2)21(14-19)27-23(31)20-10-8-7-9-18(20)15-34-25-28-24-26-16(3)13-17(4)30(24)29-25/h7-14H,5-6,15H2,1-4H3,(H,27,31). The molecule has 0 aliphatic rings. The molecule has 1 amide bonds. The summed E-state index contributed by atoms with van der Waals surface area (Å²) in [5.41, 5.74) is 3.90. The maximum Gasteiger partial charge on any atom is 0.256 e. The van der Waals surface area contributed by atoms with E-state index in [0.717, 1.165) is 17.0 Å². The molecule has 0 bridgehead atoms. The van der Waals surface area contributed by atoms with Crippen LogP contribution in [0.2, 0.25) is 0 Å². The van der Waals surface area contributed by atoms with Crippen molar-refractivity contribution in [3.63, 3.8) is 0 Å². The van der Waals surface area contributed by atoms with E-state index in [-0.39, 0.29) is 5.91 Å². The van der Waals surface area contributed by atoms with Crippen molar-refractivity contribution in [2.75, 3.05) is 18.5 Å². The van der Waals surface area contributed by atoms with Crippen molar-refractivity contribution in [2.45, 2.75) is 38.6 Å². The first-order valence-electron chi connectivity index (χ1n) is 11.1. The van der Waals surface area contributed by atoms with Gasteiger partial charge in [0.2, 0.25) is 5.16 Å². The van der Waals surface area contributed by atoms with Crippen LogP contribution in [0.5, 0.6) is 11.5 Å². The van der Waals surface area contributed by atoms with E-state index >= 15 is 0 Å². The Morgan fingerprint density at radius 1 is 1.03 bits per heavy atom. The molecule has 0 aliphatic carbocycles. The van der Waals surface area contributed by atoms with Gasteiger partial charge in [-0.15, -0.1) is 5.10 Å². The van der Waals surface area contributed by atoms with Crippen molar-refractivity contribution in [1.82, 2.24) is 19.6 Å². The normalized spacial score (nSPS) is 10.9. The fourth-order valence-corrected chi connectivity index (χ4v) is 4.38. The number of rotatable bonds is 9. The van der Waals surface area contributed by atoms with Gasteiger partial charge in [0.05, 0.1) is 18.9 Å². The number of ether oxygens (including phenoxy) is 2. The molecular formula is C25H27N5O3S. The molecule has 34 heavy (non-hydrogen) atoms. The number of nitrogens with zero attached hydrogens (tertiary/aromatic N) is 4. The van der Waals surface area contributed by atoms with Gasteiger partial charge in [0.1, 0.15) is 11.5 Å². The monoisotopic (exact) mass is 477 g/mol.